The average molecular weight is 228 g/mol. The lowest BCUT2D eigenvalue weighted by molar-refractivity contribution is -0.122. The Labute approximate surface area is 103 Å². The summed E-state index contributed by atoms with van der Waals surface area (Å²) in [5.41, 5.74) is 2.57. The van der Waals surface area contributed by atoms with E-state index in [1.165, 1.54) is 36.8 Å². The summed E-state index contributed by atoms with van der Waals surface area (Å²) in [6.45, 7) is 1.76. The number of Topliss-reactive ketones (excluding diaryl/α,β-unsaturated/α-hetero) is 1. The normalized spacial score (nSPS) is 22.6. The molecule has 1 aromatic carbocycles. The van der Waals surface area contributed by atoms with Gasteiger partial charge >= 0.3 is 0 Å². The maximum atomic E-state index is 12.0. The Morgan fingerprint density at radius 3 is 2.18 bits per heavy atom. The summed E-state index contributed by atoms with van der Waals surface area (Å²) in [4.78, 5) is 12.0. The number of ketones is 1. The molecule has 0 atom stereocenters. The predicted molar refractivity (Wildman–Crippen MR) is 69.2 cm³/mol. The molecule has 1 nitrogen and oxygen atoms in total. The van der Waals surface area contributed by atoms with Gasteiger partial charge in [-0.05, 0) is 49.7 Å². The van der Waals surface area contributed by atoms with E-state index < -0.39 is 0 Å². The first-order valence-corrected chi connectivity index (χ1v) is 6.84. The molecule has 1 aromatic rings. The van der Waals surface area contributed by atoms with Crippen LogP contribution in [0, 0.1) is 0 Å². The molecular formula is C16H20O. The van der Waals surface area contributed by atoms with Crippen LogP contribution in [-0.4, -0.2) is 5.78 Å². The third-order valence-electron chi connectivity index (χ3n) is 4.64. The van der Waals surface area contributed by atoms with Crippen molar-refractivity contribution in [3.63, 3.8) is 0 Å². The van der Waals surface area contributed by atoms with E-state index in [9.17, 15) is 4.79 Å². The van der Waals surface area contributed by atoms with Crippen LogP contribution in [0.5, 0.6) is 0 Å². The average Bonchev–Trinajstić information content (AvgIpc) is 3.06. The number of benzene rings is 1. The van der Waals surface area contributed by atoms with Gasteiger partial charge in [-0.25, -0.2) is 0 Å². The van der Waals surface area contributed by atoms with E-state index in [0.717, 1.165) is 18.8 Å². The van der Waals surface area contributed by atoms with Crippen LogP contribution in [0.2, 0.25) is 0 Å². The molecular weight excluding hydrogens is 208 g/mol. The van der Waals surface area contributed by atoms with E-state index in [-0.39, 0.29) is 5.41 Å². The van der Waals surface area contributed by atoms with Gasteiger partial charge in [-0.15, -0.1) is 0 Å². The lowest BCUT2D eigenvalue weighted by Crippen LogP contribution is -2.30. The molecule has 17 heavy (non-hydrogen) atoms. The van der Waals surface area contributed by atoms with Gasteiger partial charge in [0.2, 0.25) is 0 Å². The zero-order valence-electron chi connectivity index (χ0n) is 10.5. The minimum absolute atomic E-state index is 0.151. The molecule has 1 heteroatoms. The van der Waals surface area contributed by atoms with E-state index in [0.29, 0.717) is 5.78 Å². The molecule has 0 spiro atoms. The van der Waals surface area contributed by atoms with Crippen molar-refractivity contribution in [2.24, 2.45) is 0 Å². The second-order valence-electron chi connectivity index (χ2n) is 5.74. The molecule has 0 unspecified atom stereocenters. The Balaban J connectivity index is 1.92. The maximum absolute atomic E-state index is 12.0. The standard InChI is InChI=1S/C16H20O/c1-12(17)16(10-2-3-11-16)15-8-6-14(7-9-15)13-4-5-13/h6-9,13H,2-5,10-11H2,1H3. The van der Waals surface area contributed by atoms with E-state index in [1.54, 1.807) is 6.92 Å². The Morgan fingerprint density at radius 1 is 1.12 bits per heavy atom. The Kier molecular flexibility index (Phi) is 2.57. The van der Waals surface area contributed by atoms with Gasteiger partial charge in [-0.1, -0.05) is 37.1 Å². The molecule has 2 aliphatic carbocycles. The summed E-state index contributed by atoms with van der Waals surface area (Å²) in [7, 11) is 0. The second kappa shape index (κ2) is 3.97. The minimum Gasteiger partial charge on any atom is -0.299 e. The first-order chi connectivity index (χ1) is 8.22. The quantitative estimate of drug-likeness (QED) is 0.765. The smallest absolute Gasteiger partial charge is 0.140 e. The molecule has 0 radical (unpaired) electrons. The highest BCUT2D eigenvalue weighted by Crippen LogP contribution is 2.44. The van der Waals surface area contributed by atoms with Crippen molar-refractivity contribution in [2.75, 3.05) is 0 Å². The fourth-order valence-electron chi connectivity index (χ4n) is 3.31. The van der Waals surface area contributed by atoms with Gasteiger partial charge in [0.25, 0.3) is 0 Å². The highest BCUT2D eigenvalue weighted by molar-refractivity contribution is 5.88. The summed E-state index contributed by atoms with van der Waals surface area (Å²) in [6.07, 6.45) is 7.18. The topological polar surface area (TPSA) is 17.1 Å². The summed E-state index contributed by atoms with van der Waals surface area (Å²) in [6, 6.07) is 8.91. The zero-order chi connectivity index (χ0) is 11.9. The van der Waals surface area contributed by atoms with E-state index in [1.807, 2.05) is 0 Å². The molecule has 0 saturated heterocycles. The largest absolute Gasteiger partial charge is 0.299 e. The van der Waals surface area contributed by atoms with E-state index >= 15 is 0 Å². The summed E-state index contributed by atoms with van der Waals surface area (Å²) >= 11 is 0. The Hall–Kier alpha value is -1.11. The monoisotopic (exact) mass is 228 g/mol. The van der Waals surface area contributed by atoms with Crippen molar-refractivity contribution in [3.05, 3.63) is 35.4 Å². The van der Waals surface area contributed by atoms with Crippen molar-refractivity contribution < 1.29 is 4.79 Å². The number of hydrogen-bond donors (Lipinski definition) is 0. The first-order valence-electron chi connectivity index (χ1n) is 6.84. The van der Waals surface area contributed by atoms with Crippen LogP contribution in [-0.2, 0) is 10.2 Å². The lowest BCUT2D eigenvalue weighted by Gasteiger charge is -2.26. The molecule has 2 saturated carbocycles. The SMILES string of the molecule is CC(=O)C1(c2ccc(C3CC3)cc2)CCCC1. The summed E-state index contributed by atoms with van der Waals surface area (Å²) in [5, 5.41) is 0. The molecule has 2 fully saturated rings. The number of rotatable bonds is 3. The Morgan fingerprint density at radius 2 is 1.71 bits per heavy atom. The highest BCUT2D eigenvalue weighted by atomic mass is 16.1. The maximum Gasteiger partial charge on any atom is 0.140 e. The molecule has 0 bridgehead atoms. The summed E-state index contributed by atoms with van der Waals surface area (Å²) < 4.78 is 0. The van der Waals surface area contributed by atoms with Crippen molar-refractivity contribution >= 4 is 5.78 Å². The van der Waals surface area contributed by atoms with Crippen molar-refractivity contribution in [3.8, 4) is 0 Å². The molecule has 3 rings (SSSR count). The first kappa shape index (κ1) is 11.0. The highest BCUT2D eigenvalue weighted by Gasteiger charge is 2.40. The van der Waals surface area contributed by atoms with E-state index in [4.69, 9.17) is 0 Å². The molecule has 0 amide bonds. The van der Waals surface area contributed by atoms with Crippen molar-refractivity contribution in [1.82, 2.24) is 0 Å². The van der Waals surface area contributed by atoms with Crippen LogP contribution in [0.1, 0.15) is 62.5 Å². The number of hydrogen-bond acceptors (Lipinski definition) is 1. The molecule has 0 heterocycles. The minimum atomic E-state index is -0.151. The zero-order valence-corrected chi connectivity index (χ0v) is 10.5. The number of carbonyl (C=O) groups excluding carboxylic acids is 1. The van der Waals surface area contributed by atoms with Crippen LogP contribution >= 0.6 is 0 Å². The molecule has 0 aliphatic heterocycles. The summed E-state index contributed by atoms with van der Waals surface area (Å²) in [5.74, 6) is 1.16. The van der Waals surface area contributed by atoms with Gasteiger partial charge in [0.15, 0.2) is 0 Å². The molecule has 2 aliphatic rings. The van der Waals surface area contributed by atoms with Crippen LogP contribution in [0.4, 0.5) is 0 Å². The van der Waals surface area contributed by atoms with Crippen LogP contribution in [0.25, 0.3) is 0 Å². The van der Waals surface area contributed by atoms with Gasteiger partial charge in [0.05, 0.1) is 5.41 Å². The van der Waals surface area contributed by atoms with Crippen molar-refractivity contribution in [2.45, 2.75) is 56.8 Å². The van der Waals surface area contributed by atoms with Crippen LogP contribution in [0.3, 0.4) is 0 Å². The molecule has 90 valence electrons. The van der Waals surface area contributed by atoms with Gasteiger partial charge < -0.3 is 0 Å². The lowest BCUT2D eigenvalue weighted by atomic mass is 9.75. The molecule has 0 aromatic heterocycles. The van der Waals surface area contributed by atoms with Gasteiger partial charge in [-0.2, -0.15) is 0 Å². The third-order valence-corrected chi connectivity index (χ3v) is 4.64. The van der Waals surface area contributed by atoms with Crippen molar-refractivity contribution in [1.29, 1.82) is 0 Å². The van der Waals surface area contributed by atoms with Gasteiger partial charge in [0, 0.05) is 0 Å². The second-order valence-corrected chi connectivity index (χ2v) is 5.74. The van der Waals surface area contributed by atoms with Gasteiger partial charge in [-0.3, -0.25) is 4.79 Å². The van der Waals surface area contributed by atoms with Gasteiger partial charge in [0.1, 0.15) is 5.78 Å². The predicted octanol–water partition coefficient (Wildman–Crippen LogP) is 3.96. The Bertz CT molecular complexity index is 419. The van der Waals surface area contributed by atoms with Crippen LogP contribution in [0.15, 0.2) is 24.3 Å². The van der Waals surface area contributed by atoms with E-state index in [2.05, 4.69) is 24.3 Å². The fraction of sp³-hybridized carbons (Fsp3) is 0.562. The van der Waals surface area contributed by atoms with Crippen LogP contribution < -0.4 is 0 Å². The third kappa shape index (κ3) is 1.82. The number of carbonyl (C=O) groups is 1. The molecule has 0 N–H and O–H groups in total. The fourth-order valence-corrected chi connectivity index (χ4v) is 3.31.